The first-order chi connectivity index (χ1) is 5.24. The van der Waals surface area contributed by atoms with Gasteiger partial charge in [0.05, 0.1) is 0 Å². The second kappa shape index (κ2) is 2.10. The Labute approximate surface area is 66.9 Å². The molecular formula is C9H12NO. The third-order valence-corrected chi connectivity index (χ3v) is 2.76. The maximum atomic E-state index is 11.2. The maximum Gasteiger partial charge on any atom is 0.246 e. The van der Waals surface area contributed by atoms with Crippen molar-refractivity contribution in [2.24, 2.45) is 11.8 Å². The SMILES string of the molecule is [CH2][C@@H]1[C@H]2C[C@H]2CN1C(=O)C=C. The van der Waals surface area contributed by atoms with Gasteiger partial charge in [0.25, 0.3) is 0 Å². The van der Waals surface area contributed by atoms with Gasteiger partial charge in [-0.15, -0.1) is 0 Å². The number of fused-ring (bicyclic) bond motifs is 1. The topological polar surface area (TPSA) is 20.3 Å². The fourth-order valence-electron chi connectivity index (χ4n) is 1.94. The Morgan fingerprint density at radius 1 is 1.64 bits per heavy atom. The van der Waals surface area contributed by atoms with Crippen molar-refractivity contribution in [2.45, 2.75) is 12.5 Å². The van der Waals surface area contributed by atoms with Crippen molar-refractivity contribution in [3.8, 4) is 0 Å². The Kier molecular flexibility index (Phi) is 1.31. The van der Waals surface area contributed by atoms with E-state index in [1.165, 1.54) is 12.5 Å². The van der Waals surface area contributed by atoms with Gasteiger partial charge in [0.15, 0.2) is 0 Å². The highest BCUT2D eigenvalue weighted by Crippen LogP contribution is 2.49. The average Bonchev–Trinajstić information content (AvgIpc) is 2.71. The van der Waals surface area contributed by atoms with E-state index in [9.17, 15) is 4.79 Å². The number of hydrogen-bond acceptors (Lipinski definition) is 1. The Bertz CT molecular complexity index is 212. The number of likely N-dealkylation sites (tertiary alicyclic amines) is 1. The van der Waals surface area contributed by atoms with Gasteiger partial charge in [-0.05, 0) is 31.3 Å². The third kappa shape index (κ3) is 0.889. The molecule has 1 amide bonds. The normalized spacial score (nSPS) is 40.1. The fraction of sp³-hybridized carbons (Fsp3) is 0.556. The quantitative estimate of drug-likeness (QED) is 0.507. The third-order valence-electron chi connectivity index (χ3n) is 2.76. The van der Waals surface area contributed by atoms with Gasteiger partial charge in [-0.1, -0.05) is 6.58 Å². The van der Waals surface area contributed by atoms with E-state index in [2.05, 4.69) is 13.5 Å². The summed E-state index contributed by atoms with van der Waals surface area (Å²) in [6.45, 7) is 8.33. The summed E-state index contributed by atoms with van der Waals surface area (Å²) < 4.78 is 0. The summed E-state index contributed by atoms with van der Waals surface area (Å²) in [5, 5.41) is 0. The van der Waals surface area contributed by atoms with Crippen molar-refractivity contribution in [2.75, 3.05) is 6.54 Å². The second-order valence-corrected chi connectivity index (χ2v) is 3.42. The molecule has 1 saturated heterocycles. The molecule has 1 saturated carbocycles. The number of nitrogens with zero attached hydrogens (tertiary/aromatic N) is 1. The van der Waals surface area contributed by atoms with Crippen LogP contribution in [-0.2, 0) is 4.79 Å². The van der Waals surface area contributed by atoms with E-state index in [-0.39, 0.29) is 11.9 Å². The zero-order valence-corrected chi connectivity index (χ0v) is 6.49. The molecule has 1 aliphatic carbocycles. The number of carbonyl (C=O) groups excluding carboxylic acids is 1. The second-order valence-electron chi connectivity index (χ2n) is 3.42. The Morgan fingerprint density at radius 3 is 2.82 bits per heavy atom. The van der Waals surface area contributed by atoms with Gasteiger partial charge >= 0.3 is 0 Å². The minimum Gasteiger partial charge on any atom is -0.336 e. The Hall–Kier alpha value is -0.790. The van der Waals surface area contributed by atoms with Gasteiger partial charge in [-0.3, -0.25) is 4.79 Å². The molecule has 0 unspecified atom stereocenters. The van der Waals surface area contributed by atoms with Crippen molar-refractivity contribution in [1.82, 2.24) is 4.90 Å². The lowest BCUT2D eigenvalue weighted by molar-refractivity contribution is -0.126. The lowest BCUT2D eigenvalue weighted by Crippen LogP contribution is -2.35. The largest absolute Gasteiger partial charge is 0.336 e. The monoisotopic (exact) mass is 150 g/mol. The average molecular weight is 150 g/mol. The molecule has 0 aromatic carbocycles. The molecule has 1 radical (unpaired) electrons. The van der Waals surface area contributed by atoms with E-state index in [1.54, 1.807) is 0 Å². The number of amides is 1. The molecule has 1 aliphatic heterocycles. The molecule has 0 bridgehead atoms. The summed E-state index contributed by atoms with van der Waals surface area (Å²) in [5.41, 5.74) is 0. The molecular weight excluding hydrogens is 138 g/mol. The summed E-state index contributed by atoms with van der Waals surface area (Å²) in [5.74, 6) is 1.48. The number of carbonyl (C=O) groups is 1. The smallest absolute Gasteiger partial charge is 0.246 e. The van der Waals surface area contributed by atoms with Gasteiger partial charge in [0, 0.05) is 12.6 Å². The molecule has 1 heterocycles. The van der Waals surface area contributed by atoms with Crippen LogP contribution < -0.4 is 0 Å². The van der Waals surface area contributed by atoms with Gasteiger partial charge < -0.3 is 4.90 Å². The zero-order valence-electron chi connectivity index (χ0n) is 6.49. The Morgan fingerprint density at radius 2 is 2.36 bits per heavy atom. The van der Waals surface area contributed by atoms with Gasteiger partial charge in [-0.2, -0.15) is 0 Å². The van der Waals surface area contributed by atoms with Crippen LogP contribution in [0.2, 0.25) is 0 Å². The van der Waals surface area contributed by atoms with Gasteiger partial charge in [0.2, 0.25) is 5.91 Å². The minimum atomic E-state index is 0.0391. The first-order valence-electron chi connectivity index (χ1n) is 4.00. The summed E-state index contributed by atoms with van der Waals surface area (Å²) >= 11 is 0. The standard InChI is InChI=1S/C9H12NO/c1-3-9(11)10-5-7-4-8(7)6(10)2/h3,6-8H,1-2,4-5H2/t6-,7+,8-/m1/s1. The lowest BCUT2D eigenvalue weighted by Gasteiger charge is -2.22. The molecule has 2 fully saturated rings. The highest BCUT2D eigenvalue weighted by Gasteiger charge is 2.51. The van der Waals surface area contributed by atoms with Crippen LogP contribution in [0.3, 0.4) is 0 Å². The van der Waals surface area contributed by atoms with Crippen molar-refractivity contribution in [1.29, 1.82) is 0 Å². The van der Waals surface area contributed by atoms with Crippen LogP contribution in [0.1, 0.15) is 6.42 Å². The molecule has 2 nitrogen and oxygen atoms in total. The van der Waals surface area contributed by atoms with E-state index >= 15 is 0 Å². The van der Waals surface area contributed by atoms with E-state index in [0.717, 1.165) is 12.5 Å². The van der Waals surface area contributed by atoms with E-state index < -0.39 is 0 Å². The van der Waals surface area contributed by atoms with Crippen LogP contribution in [-0.4, -0.2) is 23.4 Å². The molecule has 2 heteroatoms. The summed E-state index contributed by atoms with van der Waals surface area (Å²) in [7, 11) is 0. The first-order valence-corrected chi connectivity index (χ1v) is 4.00. The first kappa shape index (κ1) is 6.89. The number of rotatable bonds is 1. The van der Waals surface area contributed by atoms with E-state index in [0.29, 0.717) is 5.92 Å². The highest BCUT2D eigenvalue weighted by molar-refractivity contribution is 5.87. The van der Waals surface area contributed by atoms with Crippen molar-refractivity contribution in [3.63, 3.8) is 0 Å². The van der Waals surface area contributed by atoms with Crippen LogP contribution in [0.25, 0.3) is 0 Å². The number of hydrogen-bond donors (Lipinski definition) is 0. The van der Waals surface area contributed by atoms with Crippen molar-refractivity contribution >= 4 is 5.91 Å². The van der Waals surface area contributed by atoms with E-state index in [4.69, 9.17) is 0 Å². The van der Waals surface area contributed by atoms with Crippen LogP contribution in [0, 0.1) is 18.8 Å². The van der Waals surface area contributed by atoms with Crippen LogP contribution >= 0.6 is 0 Å². The van der Waals surface area contributed by atoms with Crippen molar-refractivity contribution in [3.05, 3.63) is 19.6 Å². The summed E-state index contributed by atoms with van der Waals surface area (Å²) in [6.07, 6.45) is 2.65. The molecule has 0 spiro atoms. The predicted molar refractivity (Wildman–Crippen MR) is 42.7 cm³/mol. The lowest BCUT2D eigenvalue weighted by atomic mass is 10.2. The summed E-state index contributed by atoms with van der Waals surface area (Å²) in [4.78, 5) is 13.0. The molecule has 2 aliphatic rings. The van der Waals surface area contributed by atoms with Crippen LogP contribution in [0.5, 0.6) is 0 Å². The molecule has 3 atom stereocenters. The molecule has 2 rings (SSSR count). The fourth-order valence-corrected chi connectivity index (χ4v) is 1.94. The van der Waals surface area contributed by atoms with Crippen molar-refractivity contribution < 1.29 is 4.79 Å². The predicted octanol–water partition coefficient (Wildman–Crippen LogP) is 0.853. The Balaban J connectivity index is 2.06. The minimum absolute atomic E-state index is 0.0391. The molecule has 0 aromatic rings. The molecule has 59 valence electrons. The van der Waals surface area contributed by atoms with E-state index in [1.807, 2.05) is 4.90 Å². The highest BCUT2D eigenvalue weighted by atomic mass is 16.2. The molecule has 0 aromatic heterocycles. The van der Waals surface area contributed by atoms with Gasteiger partial charge in [0.1, 0.15) is 0 Å². The maximum absolute atomic E-state index is 11.2. The van der Waals surface area contributed by atoms with Crippen LogP contribution in [0.4, 0.5) is 0 Å². The van der Waals surface area contributed by atoms with Gasteiger partial charge in [-0.25, -0.2) is 0 Å². The molecule has 11 heavy (non-hydrogen) atoms. The zero-order chi connectivity index (χ0) is 8.01. The van der Waals surface area contributed by atoms with Crippen LogP contribution in [0.15, 0.2) is 12.7 Å². The number of piperidine rings is 1. The molecule has 0 N–H and O–H groups in total. The summed E-state index contributed by atoms with van der Waals surface area (Å²) in [6, 6.07) is 0.213.